The summed E-state index contributed by atoms with van der Waals surface area (Å²) in [4.78, 5) is 0. The van der Waals surface area contributed by atoms with E-state index in [0.717, 1.165) is 12.8 Å². The molecule has 3 aromatic rings. The van der Waals surface area contributed by atoms with E-state index in [9.17, 15) is 0 Å². The minimum absolute atomic E-state index is 0.0390. The molecule has 0 amide bonds. The van der Waals surface area contributed by atoms with Crippen LogP contribution in [-0.4, -0.2) is 0 Å². The van der Waals surface area contributed by atoms with Crippen molar-refractivity contribution in [3.8, 4) is 0 Å². The molecular formula is C30H39N. The molecule has 0 aromatic heterocycles. The predicted molar refractivity (Wildman–Crippen MR) is 134 cm³/mol. The molecule has 0 heterocycles. The van der Waals surface area contributed by atoms with Crippen LogP contribution in [0.1, 0.15) is 82.0 Å². The van der Waals surface area contributed by atoms with Crippen molar-refractivity contribution in [2.24, 2.45) is 16.6 Å². The molecule has 0 radical (unpaired) electrons. The van der Waals surface area contributed by atoms with Crippen LogP contribution in [0.3, 0.4) is 0 Å². The Bertz CT molecular complexity index is 912. The van der Waals surface area contributed by atoms with E-state index in [1.165, 1.54) is 16.7 Å². The molecule has 2 N–H and O–H groups in total. The molecule has 0 aliphatic carbocycles. The highest BCUT2D eigenvalue weighted by molar-refractivity contribution is 5.26. The van der Waals surface area contributed by atoms with E-state index in [1.807, 2.05) is 0 Å². The topological polar surface area (TPSA) is 26.0 Å². The Balaban J connectivity index is 1.89. The van der Waals surface area contributed by atoms with Crippen molar-refractivity contribution in [3.63, 3.8) is 0 Å². The normalized spacial score (nSPS) is 15.3. The van der Waals surface area contributed by atoms with Crippen molar-refractivity contribution in [1.29, 1.82) is 0 Å². The van der Waals surface area contributed by atoms with Gasteiger partial charge in [0.1, 0.15) is 0 Å². The van der Waals surface area contributed by atoms with Crippen LogP contribution in [0.4, 0.5) is 0 Å². The summed E-state index contributed by atoms with van der Waals surface area (Å²) in [5, 5.41) is 0. The van der Waals surface area contributed by atoms with E-state index >= 15 is 0 Å². The van der Waals surface area contributed by atoms with Gasteiger partial charge in [0, 0.05) is 6.04 Å². The number of hydrogen-bond donors (Lipinski definition) is 1. The maximum absolute atomic E-state index is 6.71. The fourth-order valence-corrected chi connectivity index (χ4v) is 4.95. The molecule has 31 heavy (non-hydrogen) atoms. The van der Waals surface area contributed by atoms with E-state index in [4.69, 9.17) is 5.73 Å². The lowest BCUT2D eigenvalue weighted by Gasteiger charge is -2.43. The fourth-order valence-electron chi connectivity index (χ4n) is 4.95. The molecule has 0 fully saturated rings. The molecule has 3 aromatic carbocycles. The van der Waals surface area contributed by atoms with Gasteiger partial charge in [0.05, 0.1) is 0 Å². The summed E-state index contributed by atoms with van der Waals surface area (Å²) in [7, 11) is 0. The van der Waals surface area contributed by atoms with Gasteiger partial charge in [-0.25, -0.2) is 0 Å². The minimum atomic E-state index is 0.0390. The molecule has 0 saturated carbocycles. The number of nitrogens with two attached hydrogens (primary N) is 1. The quantitative estimate of drug-likeness (QED) is 0.377. The first kappa shape index (κ1) is 23.3. The van der Waals surface area contributed by atoms with Crippen molar-refractivity contribution < 1.29 is 0 Å². The second-order valence-corrected chi connectivity index (χ2v) is 10.5. The predicted octanol–water partition coefficient (Wildman–Crippen LogP) is 8.11. The standard InChI is InChI=1S/C30H39N/c1-23(24-15-9-6-10-16-24)29(2,3)21-27(25-17-11-7-12-18-25)30(4,5)22-28(31)26-19-13-8-14-20-26/h6-20,23,27-28H,21-22,31H2,1-5H3. The summed E-state index contributed by atoms with van der Waals surface area (Å²) in [6, 6.07) is 32.5. The van der Waals surface area contributed by atoms with Gasteiger partial charge >= 0.3 is 0 Å². The summed E-state index contributed by atoms with van der Waals surface area (Å²) in [6.07, 6.45) is 2.06. The van der Waals surface area contributed by atoms with E-state index in [1.54, 1.807) is 0 Å². The average molecular weight is 414 g/mol. The van der Waals surface area contributed by atoms with Crippen LogP contribution < -0.4 is 5.73 Å². The molecule has 0 spiro atoms. The van der Waals surface area contributed by atoms with Gasteiger partial charge < -0.3 is 5.73 Å². The van der Waals surface area contributed by atoms with Gasteiger partial charge in [-0.1, -0.05) is 126 Å². The zero-order valence-electron chi connectivity index (χ0n) is 19.9. The minimum Gasteiger partial charge on any atom is -0.324 e. The van der Waals surface area contributed by atoms with Crippen molar-refractivity contribution >= 4 is 0 Å². The maximum atomic E-state index is 6.71. The lowest BCUT2D eigenvalue weighted by atomic mass is 9.62. The highest BCUT2D eigenvalue weighted by Crippen LogP contribution is 2.51. The summed E-state index contributed by atoms with van der Waals surface area (Å²) >= 11 is 0. The average Bonchev–Trinajstić information content (AvgIpc) is 2.78. The van der Waals surface area contributed by atoms with Gasteiger partial charge in [-0.05, 0) is 52.2 Å². The van der Waals surface area contributed by atoms with Crippen LogP contribution in [0, 0.1) is 10.8 Å². The smallest absolute Gasteiger partial charge is 0.0300 e. The van der Waals surface area contributed by atoms with Gasteiger partial charge in [-0.3, -0.25) is 0 Å². The van der Waals surface area contributed by atoms with Gasteiger partial charge in [0.25, 0.3) is 0 Å². The van der Waals surface area contributed by atoms with Crippen LogP contribution >= 0.6 is 0 Å². The van der Waals surface area contributed by atoms with E-state index in [2.05, 4.69) is 126 Å². The van der Waals surface area contributed by atoms with Crippen molar-refractivity contribution in [2.45, 2.75) is 65.3 Å². The molecule has 3 atom stereocenters. The summed E-state index contributed by atoms with van der Waals surface area (Å²) in [6.45, 7) is 12.0. The Morgan fingerprint density at radius 3 is 1.48 bits per heavy atom. The van der Waals surface area contributed by atoms with Crippen LogP contribution in [0.25, 0.3) is 0 Å². The van der Waals surface area contributed by atoms with Gasteiger partial charge in [0.15, 0.2) is 0 Å². The Kier molecular flexibility index (Phi) is 7.38. The lowest BCUT2D eigenvalue weighted by molar-refractivity contribution is 0.159. The second-order valence-electron chi connectivity index (χ2n) is 10.5. The first-order valence-electron chi connectivity index (χ1n) is 11.6. The van der Waals surface area contributed by atoms with Crippen molar-refractivity contribution in [2.75, 3.05) is 0 Å². The Morgan fingerprint density at radius 1 is 0.581 bits per heavy atom. The third-order valence-corrected chi connectivity index (χ3v) is 7.32. The molecule has 164 valence electrons. The van der Waals surface area contributed by atoms with E-state index in [-0.39, 0.29) is 16.9 Å². The monoisotopic (exact) mass is 413 g/mol. The summed E-state index contributed by atoms with van der Waals surface area (Å²) in [5.74, 6) is 0.892. The molecular weight excluding hydrogens is 374 g/mol. The first-order chi connectivity index (χ1) is 14.7. The summed E-state index contributed by atoms with van der Waals surface area (Å²) in [5.41, 5.74) is 11.0. The maximum Gasteiger partial charge on any atom is 0.0300 e. The Labute approximate surface area is 189 Å². The van der Waals surface area contributed by atoms with Gasteiger partial charge in [-0.15, -0.1) is 0 Å². The molecule has 3 rings (SSSR count). The summed E-state index contributed by atoms with van der Waals surface area (Å²) < 4.78 is 0. The van der Waals surface area contributed by atoms with Crippen LogP contribution in [0.2, 0.25) is 0 Å². The number of rotatable bonds is 9. The molecule has 3 unspecified atom stereocenters. The van der Waals surface area contributed by atoms with Crippen LogP contribution in [0.5, 0.6) is 0 Å². The molecule has 0 aliphatic heterocycles. The molecule has 0 aliphatic rings. The Morgan fingerprint density at radius 2 is 1.00 bits per heavy atom. The van der Waals surface area contributed by atoms with Crippen molar-refractivity contribution in [3.05, 3.63) is 108 Å². The van der Waals surface area contributed by atoms with Gasteiger partial charge in [0.2, 0.25) is 0 Å². The molecule has 1 nitrogen and oxygen atoms in total. The highest BCUT2D eigenvalue weighted by Gasteiger charge is 2.38. The number of hydrogen-bond acceptors (Lipinski definition) is 1. The van der Waals surface area contributed by atoms with Crippen LogP contribution in [-0.2, 0) is 0 Å². The van der Waals surface area contributed by atoms with E-state index < -0.39 is 0 Å². The molecule has 0 saturated heterocycles. The molecule has 0 bridgehead atoms. The SMILES string of the molecule is CC(c1ccccc1)C(C)(C)CC(c1ccccc1)C(C)(C)CC(N)c1ccccc1. The number of benzene rings is 3. The van der Waals surface area contributed by atoms with Crippen LogP contribution in [0.15, 0.2) is 91.0 Å². The third kappa shape index (κ3) is 5.86. The molecule has 1 heteroatoms. The Hall–Kier alpha value is -2.38. The zero-order valence-corrected chi connectivity index (χ0v) is 19.9. The largest absolute Gasteiger partial charge is 0.324 e. The lowest BCUT2D eigenvalue weighted by Crippen LogP contribution is -2.32. The van der Waals surface area contributed by atoms with Crippen molar-refractivity contribution in [1.82, 2.24) is 0 Å². The van der Waals surface area contributed by atoms with Gasteiger partial charge in [-0.2, -0.15) is 0 Å². The third-order valence-electron chi connectivity index (χ3n) is 7.32. The second kappa shape index (κ2) is 9.83. The highest BCUT2D eigenvalue weighted by atomic mass is 14.6. The first-order valence-corrected chi connectivity index (χ1v) is 11.6. The van der Waals surface area contributed by atoms with E-state index in [0.29, 0.717) is 11.8 Å². The fraction of sp³-hybridized carbons (Fsp3) is 0.400. The zero-order chi connectivity index (χ0) is 22.5.